The molecule has 162 valence electrons. The topological polar surface area (TPSA) is 93.0 Å². The first-order chi connectivity index (χ1) is 14.9. The van der Waals surface area contributed by atoms with E-state index in [1.807, 2.05) is 49.6 Å². The molecular weight excluding hydrogens is 412 g/mol. The molecule has 3 aromatic rings. The molecule has 2 amide bonds. The lowest BCUT2D eigenvalue weighted by Crippen LogP contribution is -2.36. The number of thioether (sulfide) groups is 1. The summed E-state index contributed by atoms with van der Waals surface area (Å²) in [5.74, 6) is 0.954. The zero-order valence-corrected chi connectivity index (χ0v) is 18.9. The Hall–Kier alpha value is -3.20. The van der Waals surface area contributed by atoms with Crippen LogP contribution < -0.4 is 5.32 Å². The molecule has 9 heteroatoms. The van der Waals surface area contributed by atoms with Crippen molar-refractivity contribution in [3.8, 4) is 11.4 Å². The summed E-state index contributed by atoms with van der Waals surface area (Å²) in [6, 6.07) is 11.7. The van der Waals surface area contributed by atoms with E-state index < -0.39 is 0 Å². The third-order valence-electron chi connectivity index (χ3n) is 4.62. The van der Waals surface area contributed by atoms with E-state index in [9.17, 15) is 9.59 Å². The summed E-state index contributed by atoms with van der Waals surface area (Å²) < 4.78 is 1.99. The molecule has 3 rings (SSSR count). The maximum atomic E-state index is 12.5. The lowest BCUT2D eigenvalue weighted by Gasteiger charge is -2.16. The van der Waals surface area contributed by atoms with Gasteiger partial charge < -0.3 is 14.8 Å². The molecule has 31 heavy (non-hydrogen) atoms. The van der Waals surface area contributed by atoms with Crippen LogP contribution in [0.2, 0.25) is 0 Å². The summed E-state index contributed by atoms with van der Waals surface area (Å²) in [4.78, 5) is 30.3. The number of amides is 2. The highest BCUT2D eigenvalue weighted by molar-refractivity contribution is 7.99. The Labute approximate surface area is 186 Å². The van der Waals surface area contributed by atoms with Crippen molar-refractivity contribution in [2.75, 3.05) is 24.7 Å². The maximum Gasteiger partial charge on any atom is 0.245 e. The second-order valence-electron chi connectivity index (χ2n) is 7.23. The number of nitrogens with one attached hydrogen (secondary N) is 1. The lowest BCUT2D eigenvalue weighted by atomic mass is 10.1. The Morgan fingerprint density at radius 2 is 1.90 bits per heavy atom. The molecule has 0 aliphatic heterocycles. The molecule has 0 spiro atoms. The van der Waals surface area contributed by atoms with Gasteiger partial charge in [-0.3, -0.25) is 9.59 Å². The zero-order valence-electron chi connectivity index (χ0n) is 18.1. The van der Waals surface area contributed by atoms with Crippen LogP contribution in [0.3, 0.4) is 0 Å². The highest BCUT2D eigenvalue weighted by Crippen LogP contribution is 2.24. The van der Waals surface area contributed by atoms with Crippen LogP contribution >= 0.6 is 11.8 Å². The number of likely N-dealkylation sites (N-methyl/N-ethyl adjacent to an activating group) is 1. The van der Waals surface area contributed by atoms with Gasteiger partial charge in [-0.1, -0.05) is 35.5 Å². The molecule has 0 atom stereocenters. The van der Waals surface area contributed by atoms with Crippen molar-refractivity contribution in [1.29, 1.82) is 0 Å². The molecule has 0 bridgehead atoms. The molecule has 0 fully saturated rings. The van der Waals surface area contributed by atoms with E-state index in [1.165, 1.54) is 16.7 Å². The van der Waals surface area contributed by atoms with Gasteiger partial charge in [0.25, 0.3) is 0 Å². The summed E-state index contributed by atoms with van der Waals surface area (Å²) in [6.45, 7) is 6.61. The summed E-state index contributed by atoms with van der Waals surface area (Å²) in [5.41, 5.74) is 3.13. The standard InChI is InChI=1S/C22H26N6O2S/c1-5-28-21(17-8-6-7-15(2)11-17)25-26-22(28)31-14-20(30)27(4)13-19(29)24-18-12-16(3)9-10-23-18/h6-12H,5,13-14H2,1-4H3,(H,23,24,29). The third kappa shape index (κ3) is 5.91. The minimum Gasteiger partial charge on any atom is -0.336 e. The second kappa shape index (κ2) is 10.2. The van der Waals surface area contributed by atoms with E-state index >= 15 is 0 Å². The minimum absolute atomic E-state index is 0.0516. The van der Waals surface area contributed by atoms with Crippen LogP contribution in [0.25, 0.3) is 11.4 Å². The average molecular weight is 439 g/mol. The van der Waals surface area contributed by atoms with Crippen molar-refractivity contribution in [3.05, 3.63) is 53.7 Å². The van der Waals surface area contributed by atoms with E-state index in [1.54, 1.807) is 19.3 Å². The van der Waals surface area contributed by atoms with Crippen molar-refractivity contribution >= 4 is 29.4 Å². The van der Waals surface area contributed by atoms with E-state index in [0.29, 0.717) is 17.5 Å². The van der Waals surface area contributed by atoms with Gasteiger partial charge in [-0.2, -0.15) is 0 Å². The smallest absolute Gasteiger partial charge is 0.245 e. The fourth-order valence-corrected chi connectivity index (χ4v) is 3.95. The Morgan fingerprint density at radius 1 is 1.13 bits per heavy atom. The van der Waals surface area contributed by atoms with Gasteiger partial charge >= 0.3 is 0 Å². The van der Waals surface area contributed by atoms with Crippen molar-refractivity contribution in [1.82, 2.24) is 24.6 Å². The van der Waals surface area contributed by atoms with Crippen LogP contribution in [-0.2, 0) is 16.1 Å². The van der Waals surface area contributed by atoms with Gasteiger partial charge in [0.2, 0.25) is 11.8 Å². The average Bonchev–Trinajstić information content (AvgIpc) is 3.14. The normalized spacial score (nSPS) is 10.7. The fourth-order valence-electron chi connectivity index (χ4n) is 3.01. The lowest BCUT2D eigenvalue weighted by molar-refractivity contribution is -0.131. The number of hydrogen-bond acceptors (Lipinski definition) is 6. The summed E-state index contributed by atoms with van der Waals surface area (Å²) in [6.07, 6.45) is 1.63. The molecule has 2 aromatic heterocycles. The van der Waals surface area contributed by atoms with Gasteiger partial charge in [0.05, 0.1) is 12.3 Å². The number of nitrogens with zero attached hydrogens (tertiary/aromatic N) is 5. The zero-order chi connectivity index (χ0) is 22.4. The Bertz CT molecular complexity index is 1080. The second-order valence-corrected chi connectivity index (χ2v) is 8.17. The summed E-state index contributed by atoms with van der Waals surface area (Å²) in [5, 5.41) is 12.0. The van der Waals surface area contributed by atoms with E-state index in [4.69, 9.17) is 0 Å². The molecule has 1 N–H and O–H groups in total. The Morgan fingerprint density at radius 3 is 2.61 bits per heavy atom. The molecule has 1 aromatic carbocycles. The van der Waals surface area contributed by atoms with Crippen LogP contribution in [-0.4, -0.2) is 55.8 Å². The highest BCUT2D eigenvalue weighted by Gasteiger charge is 2.18. The first kappa shape index (κ1) is 22.5. The number of carbonyl (C=O) groups excluding carboxylic acids is 2. The number of aryl methyl sites for hydroxylation is 2. The number of rotatable bonds is 8. The van der Waals surface area contributed by atoms with Gasteiger partial charge in [0.15, 0.2) is 11.0 Å². The molecule has 0 radical (unpaired) electrons. The number of carbonyl (C=O) groups is 2. The monoisotopic (exact) mass is 438 g/mol. The predicted molar refractivity (Wildman–Crippen MR) is 122 cm³/mol. The number of pyridine rings is 1. The molecular formula is C22H26N6O2S. The van der Waals surface area contributed by atoms with E-state index in [-0.39, 0.29) is 24.1 Å². The highest BCUT2D eigenvalue weighted by atomic mass is 32.2. The molecule has 0 aliphatic rings. The van der Waals surface area contributed by atoms with Crippen LogP contribution in [0.1, 0.15) is 18.1 Å². The maximum absolute atomic E-state index is 12.5. The molecule has 2 heterocycles. The molecule has 0 unspecified atom stereocenters. The fraction of sp³-hybridized carbons (Fsp3) is 0.318. The van der Waals surface area contributed by atoms with E-state index in [2.05, 4.69) is 26.6 Å². The summed E-state index contributed by atoms with van der Waals surface area (Å²) >= 11 is 1.31. The molecule has 0 saturated carbocycles. The van der Waals surface area contributed by atoms with Crippen LogP contribution in [0.5, 0.6) is 0 Å². The third-order valence-corrected chi connectivity index (χ3v) is 5.58. The molecule has 0 aliphatic carbocycles. The first-order valence-corrected chi connectivity index (χ1v) is 11.0. The predicted octanol–water partition coefficient (Wildman–Crippen LogP) is 3.17. The van der Waals surface area contributed by atoms with Gasteiger partial charge in [-0.05, 0) is 44.5 Å². The SMILES string of the molecule is CCn1c(SCC(=O)N(C)CC(=O)Nc2cc(C)ccn2)nnc1-c1cccc(C)c1. The number of anilines is 1. The first-order valence-electron chi connectivity index (χ1n) is 9.97. The Balaban J connectivity index is 1.58. The minimum atomic E-state index is -0.294. The molecule has 8 nitrogen and oxygen atoms in total. The molecule has 0 saturated heterocycles. The van der Waals surface area contributed by atoms with Crippen LogP contribution in [0.4, 0.5) is 5.82 Å². The van der Waals surface area contributed by atoms with E-state index in [0.717, 1.165) is 22.5 Å². The summed E-state index contributed by atoms with van der Waals surface area (Å²) in [7, 11) is 1.61. The van der Waals surface area contributed by atoms with Gasteiger partial charge in [0, 0.05) is 25.4 Å². The van der Waals surface area contributed by atoms with Crippen molar-refractivity contribution < 1.29 is 9.59 Å². The quantitative estimate of drug-likeness (QED) is 0.543. The number of hydrogen-bond donors (Lipinski definition) is 1. The van der Waals surface area contributed by atoms with Crippen LogP contribution in [0.15, 0.2) is 47.8 Å². The number of benzene rings is 1. The van der Waals surface area contributed by atoms with Gasteiger partial charge in [0.1, 0.15) is 5.82 Å². The van der Waals surface area contributed by atoms with Gasteiger partial charge in [-0.25, -0.2) is 4.98 Å². The number of aromatic nitrogens is 4. The Kier molecular flexibility index (Phi) is 7.41. The van der Waals surface area contributed by atoms with Crippen molar-refractivity contribution in [3.63, 3.8) is 0 Å². The van der Waals surface area contributed by atoms with Gasteiger partial charge in [-0.15, -0.1) is 10.2 Å². The van der Waals surface area contributed by atoms with Crippen molar-refractivity contribution in [2.24, 2.45) is 0 Å². The van der Waals surface area contributed by atoms with Crippen molar-refractivity contribution in [2.45, 2.75) is 32.5 Å². The van der Waals surface area contributed by atoms with Crippen LogP contribution in [0, 0.1) is 13.8 Å². The largest absolute Gasteiger partial charge is 0.336 e.